The Morgan fingerprint density at radius 1 is 1.32 bits per heavy atom. The molecule has 2 rings (SSSR count). The highest BCUT2D eigenvalue weighted by Crippen LogP contribution is 2.20. The summed E-state index contributed by atoms with van der Waals surface area (Å²) in [5, 5.41) is 6.90. The van der Waals surface area contributed by atoms with E-state index in [1.54, 1.807) is 6.26 Å². The fourth-order valence-electron chi connectivity index (χ4n) is 2.68. The van der Waals surface area contributed by atoms with Gasteiger partial charge < -0.3 is 14.3 Å². The Labute approximate surface area is 148 Å². The van der Waals surface area contributed by atoms with Gasteiger partial charge in [-0.25, -0.2) is 0 Å². The van der Waals surface area contributed by atoms with E-state index in [1.165, 1.54) is 0 Å². The molecule has 0 saturated heterocycles. The molecule has 0 spiro atoms. The smallest absolute Gasteiger partial charge is 0.227 e. The van der Waals surface area contributed by atoms with Gasteiger partial charge in [0, 0.05) is 25.3 Å². The number of nitrogens with one attached hydrogen (secondary N) is 1. The first-order valence-corrected chi connectivity index (χ1v) is 8.91. The zero-order chi connectivity index (χ0) is 18.2. The van der Waals surface area contributed by atoms with Gasteiger partial charge in [0.2, 0.25) is 11.8 Å². The van der Waals surface area contributed by atoms with Gasteiger partial charge in [-0.2, -0.15) is 4.98 Å². The molecule has 0 fully saturated rings. The van der Waals surface area contributed by atoms with Crippen LogP contribution in [-0.4, -0.2) is 40.6 Å². The molecule has 1 N–H and O–H groups in total. The number of hydrogen-bond acceptors (Lipinski definition) is 6. The molecule has 0 radical (unpaired) electrons. The standard InChI is InChI=1S/C18H28N4O3/c1-5-22(6-2)14(15-8-7-11-24-15)12-19-16(23)9-10-17-20-18(13(3)4)21-25-17/h7-8,11,13-14H,5-6,9-10,12H2,1-4H3,(H,19,23). The first-order valence-electron chi connectivity index (χ1n) is 8.91. The van der Waals surface area contributed by atoms with Crippen LogP contribution in [0, 0.1) is 0 Å². The topological polar surface area (TPSA) is 84.4 Å². The summed E-state index contributed by atoms with van der Waals surface area (Å²) in [4.78, 5) is 18.7. The second-order valence-electron chi connectivity index (χ2n) is 6.26. The molecule has 0 saturated carbocycles. The number of rotatable bonds is 10. The fourth-order valence-corrected chi connectivity index (χ4v) is 2.68. The summed E-state index contributed by atoms with van der Waals surface area (Å²) >= 11 is 0. The Morgan fingerprint density at radius 3 is 2.64 bits per heavy atom. The molecule has 2 aromatic heterocycles. The van der Waals surface area contributed by atoms with Crippen molar-refractivity contribution in [2.24, 2.45) is 0 Å². The van der Waals surface area contributed by atoms with Crippen molar-refractivity contribution in [1.29, 1.82) is 0 Å². The van der Waals surface area contributed by atoms with E-state index in [-0.39, 0.29) is 17.9 Å². The number of aromatic nitrogens is 2. The van der Waals surface area contributed by atoms with Crippen LogP contribution in [-0.2, 0) is 11.2 Å². The molecular weight excluding hydrogens is 320 g/mol. The van der Waals surface area contributed by atoms with Crippen LogP contribution >= 0.6 is 0 Å². The van der Waals surface area contributed by atoms with Crippen LogP contribution in [0.15, 0.2) is 27.3 Å². The first-order chi connectivity index (χ1) is 12.0. The van der Waals surface area contributed by atoms with Gasteiger partial charge >= 0.3 is 0 Å². The predicted octanol–water partition coefficient (Wildman–Crippen LogP) is 2.92. The van der Waals surface area contributed by atoms with Gasteiger partial charge in [-0.15, -0.1) is 0 Å². The largest absolute Gasteiger partial charge is 0.468 e. The SMILES string of the molecule is CCN(CC)C(CNC(=O)CCc1nc(C(C)C)no1)c1ccco1. The summed E-state index contributed by atoms with van der Waals surface area (Å²) in [7, 11) is 0. The monoisotopic (exact) mass is 348 g/mol. The van der Waals surface area contributed by atoms with Gasteiger partial charge in [0.15, 0.2) is 5.82 Å². The third kappa shape index (κ3) is 5.42. The van der Waals surface area contributed by atoms with E-state index < -0.39 is 0 Å². The maximum absolute atomic E-state index is 12.2. The Balaban J connectivity index is 1.85. The molecule has 2 heterocycles. The third-order valence-electron chi connectivity index (χ3n) is 4.18. The van der Waals surface area contributed by atoms with Crippen molar-refractivity contribution in [2.45, 2.75) is 52.5 Å². The molecule has 0 aromatic carbocycles. The number of carbonyl (C=O) groups excluding carboxylic acids is 1. The quantitative estimate of drug-likeness (QED) is 0.711. The molecule has 0 aliphatic heterocycles. The lowest BCUT2D eigenvalue weighted by Gasteiger charge is -2.28. The Kier molecular flexibility index (Phi) is 7.18. The third-order valence-corrected chi connectivity index (χ3v) is 4.18. The highest BCUT2D eigenvalue weighted by atomic mass is 16.5. The van der Waals surface area contributed by atoms with E-state index in [0.29, 0.717) is 31.1 Å². The summed E-state index contributed by atoms with van der Waals surface area (Å²) in [5.41, 5.74) is 0. The van der Waals surface area contributed by atoms with Crippen molar-refractivity contribution in [3.63, 3.8) is 0 Å². The molecule has 1 amide bonds. The molecule has 138 valence electrons. The Bertz CT molecular complexity index is 633. The normalized spacial score (nSPS) is 12.7. The lowest BCUT2D eigenvalue weighted by molar-refractivity contribution is -0.121. The minimum absolute atomic E-state index is 0.0323. The second kappa shape index (κ2) is 9.36. The van der Waals surface area contributed by atoms with E-state index in [1.807, 2.05) is 26.0 Å². The molecular formula is C18H28N4O3. The van der Waals surface area contributed by atoms with Crippen molar-refractivity contribution >= 4 is 5.91 Å². The Morgan fingerprint density at radius 2 is 2.08 bits per heavy atom. The maximum atomic E-state index is 12.2. The molecule has 7 nitrogen and oxygen atoms in total. The van der Waals surface area contributed by atoms with Crippen LogP contribution in [0.1, 0.15) is 63.6 Å². The van der Waals surface area contributed by atoms with Crippen LogP contribution in [0.2, 0.25) is 0 Å². The van der Waals surface area contributed by atoms with Crippen molar-refractivity contribution < 1.29 is 13.7 Å². The second-order valence-corrected chi connectivity index (χ2v) is 6.26. The van der Waals surface area contributed by atoms with E-state index in [0.717, 1.165) is 18.8 Å². The zero-order valence-electron chi connectivity index (χ0n) is 15.5. The maximum Gasteiger partial charge on any atom is 0.227 e. The summed E-state index contributed by atoms with van der Waals surface area (Å²) in [6.07, 6.45) is 2.43. The molecule has 0 aliphatic rings. The van der Waals surface area contributed by atoms with Crippen molar-refractivity contribution in [3.05, 3.63) is 35.9 Å². The number of furan rings is 1. The van der Waals surface area contributed by atoms with Crippen LogP contribution in [0.25, 0.3) is 0 Å². The minimum atomic E-state index is -0.0343. The highest BCUT2D eigenvalue weighted by Gasteiger charge is 2.21. The lowest BCUT2D eigenvalue weighted by Crippen LogP contribution is -2.38. The molecule has 1 unspecified atom stereocenters. The van der Waals surface area contributed by atoms with Gasteiger partial charge in [-0.05, 0) is 25.2 Å². The first kappa shape index (κ1) is 19.2. The van der Waals surface area contributed by atoms with E-state index in [2.05, 4.69) is 34.2 Å². The van der Waals surface area contributed by atoms with E-state index in [4.69, 9.17) is 8.94 Å². The summed E-state index contributed by atoms with van der Waals surface area (Å²) in [6, 6.07) is 3.85. The van der Waals surface area contributed by atoms with Gasteiger partial charge in [0.25, 0.3) is 0 Å². The summed E-state index contributed by atoms with van der Waals surface area (Å²) < 4.78 is 10.7. The summed E-state index contributed by atoms with van der Waals surface area (Å²) in [6.45, 7) is 10.5. The molecule has 1 atom stereocenters. The van der Waals surface area contributed by atoms with Crippen molar-refractivity contribution in [2.75, 3.05) is 19.6 Å². The van der Waals surface area contributed by atoms with Gasteiger partial charge in [0.05, 0.1) is 12.3 Å². The van der Waals surface area contributed by atoms with E-state index in [9.17, 15) is 4.79 Å². The fraction of sp³-hybridized carbons (Fsp3) is 0.611. The van der Waals surface area contributed by atoms with Gasteiger partial charge in [-0.1, -0.05) is 32.9 Å². The number of nitrogens with zero attached hydrogens (tertiary/aromatic N) is 3. The number of likely N-dealkylation sites (N-methyl/N-ethyl adjacent to an activating group) is 1. The zero-order valence-corrected chi connectivity index (χ0v) is 15.5. The number of amides is 1. The summed E-state index contributed by atoms with van der Waals surface area (Å²) in [5.74, 6) is 2.23. The van der Waals surface area contributed by atoms with E-state index >= 15 is 0 Å². The molecule has 2 aromatic rings. The average Bonchev–Trinajstić information content (AvgIpc) is 3.28. The average molecular weight is 348 g/mol. The lowest BCUT2D eigenvalue weighted by atomic mass is 10.1. The minimum Gasteiger partial charge on any atom is -0.468 e. The number of aryl methyl sites for hydroxylation is 1. The van der Waals surface area contributed by atoms with Crippen LogP contribution in [0.3, 0.4) is 0 Å². The molecule has 0 bridgehead atoms. The highest BCUT2D eigenvalue weighted by molar-refractivity contribution is 5.76. The van der Waals surface area contributed by atoms with Crippen molar-refractivity contribution in [1.82, 2.24) is 20.4 Å². The molecule has 25 heavy (non-hydrogen) atoms. The van der Waals surface area contributed by atoms with Gasteiger partial charge in [0.1, 0.15) is 5.76 Å². The number of carbonyl (C=O) groups is 1. The number of hydrogen-bond donors (Lipinski definition) is 1. The Hall–Kier alpha value is -2.15. The van der Waals surface area contributed by atoms with Crippen LogP contribution < -0.4 is 5.32 Å². The molecule has 0 aliphatic carbocycles. The van der Waals surface area contributed by atoms with Crippen LogP contribution in [0.4, 0.5) is 0 Å². The predicted molar refractivity (Wildman–Crippen MR) is 94.1 cm³/mol. The van der Waals surface area contributed by atoms with Crippen LogP contribution in [0.5, 0.6) is 0 Å². The van der Waals surface area contributed by atoms with Crippen molar-refractivity contribution in [3.8, 4) is 0 Å². The molecule has 7 heteroatoms. The van der Waals surface area contributed by atoms with Gasteiger partial charge in [-0.3, -0.25) is 9.69 Å².